The Morgan fingerprint density at radius 1 is 1.45 bits per heavy atom. The maximum Gasteiger partial charge on any atom is 0.246 e. The summed E-state index contributed by atoms with van der Waals surface area (Å²) in [7, 11) is 6.82. The molecule has 7 heteroatoms. The topological polar surface area (TPSA) is 65.8 Å². The zero-order valence-electron chi connectivity index (χ0n) is 13.4. The first-order chi connectivity index (χ1) is 10.6. The van der Waals surface area contributed by atoms with Crippen LogP contribution in [0.15, 0.2) is 18.5 Å². The van der Waals surface area contributed by atoms with Gasteiger partial charge in [-0.2, -0.15) is 5.10 Å². The summed E-state index contributed by atoms with van der Waals surface area (Å²) in [6.45, 7) is 0.903. The van der Waals surface area contributed by atoms with E-state index in [0.717, 1.165) is 5.56 Å². The van der Waals surface area contributed by atoms with Crippen LogP contribution in [0.3, 0.4) is 0 Å². The van der Waals surface area contributed by atoms with Crippen molar-refractivity contribution >= 4 is 12.0 Å². The number of amides is 1. The molecular weight excluding hydrogens is 286 g/mol. The van der Waals surface area contributed by atoms with E-state index in [9.17, 15) is 4.79 Å². The minimum Gasteiger partial charge on any atom is -0.376 e. The van der Waals surface area contributed by atoms with E-state index in [2.05, 4.69) is 5.10 Å². The molecule has 0 unspecified atom stereocenters. The van der Waals surface area contributed by atoms with Crippen LogP contribution in [0.2, 0.25) is 0 Å². The Labute approximate surface area is 130 Å². The third-order valence-corrected chi connectivity index (χ3v) is 3.88. The summed E-state index contributed by atoms with van der Waals surface area (Å²) in [5, 5.41) is 4.06. The smallest absolute Gasteiger partial charge is 0.246 e. The van der Waals surface area contributed by atoms with Crippen molar-refractivity contribution in [1.29, 1.82) is 0 Å². The van der Waals surface area contributed by atoms with Crippen molar-refractivity contribution in [3.8, 4) is 0 Å². The van der Waals surface area contributed by atoms with Gasteiger partial charge in [-0.3, -0.25) is 9.48 Å². The maximum absolute atomic E-state index is 12.3. The van der Waals surface area contributed by atoms with Crippen LogP contribution in [0.5, 0.6) is 0 Å². The van der Waals surface area contributed by atoms with E-state index in [1.165, 1.54) is 6.08 Å². The lowest BCUT2D eigenvalue weighted by Crippen LogP contribution is -2.57. The summed E-state index contributed by atoms with van der Waals surface area (Å²) < 4.78 is 18.1. The van der Waals surface area contributed by atoms with E-state index >= 15 is 0 Å². The molecule has 0 N–H and O–H groups in total. The van der Waals surface area contributed by atoms with Crippen molar-refractivity contribution in [2.24, 2.45) is 7.05 Å². The molecule has 0 aliphatic carbocycles. The second kappa shape index (κ2) is 7.53. The zero-order valence-corrected chi connectivity index (χ0v) is 13.4. The first-order valence-corrected chi connectivity index (χ1v) is 7.13. The molecule has 1 amide bonds. The van der Waals surface area contributed by atoms with Crippen molar-refractivity contribution in [3.05, 3.63) is 24.0 Å². The SMILES string of the molecule is CO[C@H]1[C@H](N(C)C(=O)/C=C/c2cnn(C)c2)COC[C@H]1OC. The molecule has 1 saturated heterocycles. The number of aryl methyl sites for hydroxylation is 1. The summed E-state index contributed by atoms with van der Waals surface area (Å²) in [5.74, 6) is -0.115. The summed E-state index contributed by atoms with van der Waals surface area (Å²) in [4.78, 5) is 14.0. The van der Waals surface area contributed by atoms with E-state index in [1.807, 2.05) is 13.2 Å². The number of rotatable bonds is 5. The number of hydrogen-bond acceptors (Lipinski definition) is 5. The number of carbonyl (C=O) groups is 1. The zero-order chi connectivity index (χ0) is 16.1. The third-order valence-electron chi connectivity index (χ3n) is 3.88. The lowest BCUT2D eigenvalue weighted by molar-refractivity contribution is -0.161. The van der Waals surface area contributed by atoms with Gasteiger partial charge in [-0.1, -0.05) is 0 Å². The van der Waals surface area contributed by atoms with E-state index in [-0.39, 0.29) is 24.2 Å². The highest BCUT2D eigenvalue weighted by Crippen LogP contribution is 2.19. The first-order valence-electron chi connectivity index (χ1n) is 7.13. The fraction of sp³-hybridized carbons (Fsp3) is 0.600. The molecule has 22 heavy (non-hydrogen) atoms. The first kappa shape index (κ1) is 16.7. The standard InChI is InChI=1S/C15H23N3O4/c1-17-8-11(7-16-17)5-6-14(19)18(2)12-9-22-10-13(20-3)15(12)21-4/h5-8,12-13,15H,9-10H2,1-4H3/b6-5+/t12-,13-,15+/m1/s1. The molecule has 1 aromatic heterocycles. The number of ether oxygens (including phenoxy) is 3. The average molecular weight is 309 g/mol. The molecule has 0 radical (unpaired) electrons. The summed E-state index contributed by atoms with van der Waals surface area (Å²) >= 11 is 0. The van der Waals surface area contributed by atoms with Gasteiger partial charge in [0, 0.05) is 46.2 Å². The minimum absolute atomic E-state index is 0.115. The van der Waals surface area contributed by atoms with Crippen LogP contribution in [0.1, 0.15) is 5.56 Å². The van der Waals surface area contributed by atoms with Gasteiger partial charge in [0.05, 0.1) is 25.5 Å². The molecule has 1 fully saturated rings. The molecule has 7 nitrogen and oxygen atoms in total. The van der Waals surface area contributed by atoms with Gasteiger partial charge < -0.3 is 19.1 Å². The van der Waals surface area contributed by atoms with Crippen molar-refractivity contribution in [2.75, 3.05) is 34.5 Å². The minimum atomic E-state index is -0.209. The van der Waals surface area contributed by atoms with Crippen LogP contribution in [0, 0.1) is 0 Å². The van der Waals surface area contributed by atoms with Crippen LogP contribution >= 0.6 is 0 Å². The fourth-order valence-corrected chi connectivity index (χ4v) is 2.56. The van der Waals surface area contributed by atoms with Gasteiger partial charge in [-0.15, -0.1) is 0 Å². The molecule has 0 aromatic carbocycles. The Morgan fingerprint density at radius 3 is 2.82 bits per heavy atom. The van der Waals surface area contributed by atoms with Gasteiger partial charge >= 0.3 is 0 Å². The van der Waals surface area contributed by atoms with Gasteiger partial charge in [0.25, 0.3) is 0 Å². The Hall–Kier alpha value is -1.70. The third kappa shape index (κ3) is 3.73. The predicted molar refractivity (Wildman–Crippen MR) is 81.2 cm³/mol. The van der Waals surface area contributed by atoms with E-state index < -0.39 is 0 Å². The second-order valence-electron chi connectivity index (χ2n) is 5.31. The fourth-order valence-electron chi connectivity index (χ4n) is 2.56. The highest BCUT2D eigenvalue weighted by atomic mass is 16.6. The number of likely N-dealkylation sites (N-methyl/N-ethyl adjacent to an activating group) is 1. The highest BCUT2D eigenvalue weighted by molar-refractivity contribution is 5.91. The van der Waals surface area contributed by atoms with Crippen molar-refractivity contribution in [2.45, 2.75) is 18.2 Å². The second-order valence-corrected chi connectivity index (χ2v) is 5.31. The summed E-state index contributed by atoms with van der Waals surface area (Å²) in [5.41, 5.74) is 0.877. The number of aromatic nitrogens is 2. The summed E-state index contributed by atoms with van der Waals surface area (Å²) in [6.07, 6.45) is 6.42. The largest absolute Gasteiger partial charge is 0.376 e. The maximum atomic E-state index is 12.3. The Balaban J connectivity index is 2.03. The molecule has 2 heterocycles. The number of carbonyl (C=O) groups excluding carboxylic acids is 1. The molecule has 0 spiro atoms. The van der Waals surface area contributed by atoms with Gasteiger partial charge in [-0.05, 0) is 6.08 Å². The Bertz CT molecular complexity index is 529. The van der Waals surface area contributed by atoms with Crippen LogP contribution in [-0.4, -0.2) is 73.3 Å². The van der Waals surface area contributed by atoms with Crippen LogP contribution in [-0.2, 0) is 26.1 Å². The predicted octanol–water partition coefficient (Wildman–Crippen LogP) is 0.321. The van der Waals surface area contributed by atoms with Crippen LogP contribution in [0.4, 0.5) is 0 Å². The highest BCUT2D eigenvalue weighted by Gasteiger charge is 2.38. The quantitative estimate of drug-likeness (QED) is 0.733. The number of nitrogens with zero attached hydrogens (tertiary/aromatic N) is 3. The van der Waals surface area contributed by atoms with Crippen molar-refractivity contribution in [1.82, 2.24) is 14.7 Å². The van der Waals surface area contributed by atoms with Gasteiger partial charge in [0.15, 0.2) is 0 Å². The Kier molecular flexibility index (Phi) is 5.70. The molecule has 2 rings (SSSR count). The van der Waals surface area contributed by atoms with E-state index in [4.69, 9.17) is 14.2 Å². The molecule has 1 aliphatic heterocycles. The van der Waals surface area contributed by atoms with E-state index in [1.54, 1.807) is 43.1 Å². The van der Waals surface area contributed by atoms with E-state index in [0.29, 0.717) is 13.2 Å². The van der Waals surface area contributed by atoms with Crippen molar-refractivity contribution < 1.29 is 19.0 Å². The molecule has 3 atom stereocenters. The monoisotopic (exact) mass is 309 g/mol. The molecule has 122 valence electrons. The van der Waals surface area contributed by atoms with Gasteiger partial charge in [0.1, 0.15) is 12.2 Å². The molecule has 1 aromatic rings. The molecule has 0 bridgehead atoms. The lowest BCUT2D eigenvalue weighted by atomic mass is 10.0. The number of hydrogen-bond donors (Lipinski definition) is 0. The Morgan fingerprint density at radius 2 is 2.23 bits per heavy atom. The van der Waals surface area contributed by atoms with Gasteiger partial charge in [-0.25, -0.2) is 0 Å². The van der Waals surface area contributed by atoms with Crippen molar-refractivity contribution in [3.63, 3.8) is 0 Å². The lowest BCUT2D eigenvalue weighted by Gasteiger charge is -2.40. The van der Waals surface area contributed by atoms with Gasteiger partial charge in [0.2, 0.25) is 5.91 Å². The average Bonchev–Trinajstić information content (AvgIpc) is 2.96. The summed E-state index contributed by atoms with van der Waals surface area (Å²) in [6, 6.07) is -0.185. The molecular formula is C15H23N3O4. The normalized spacial score (nSPS) is 25.5. The number of methoxy groups -OCH3 is 2. The van der Waals surface area contributed by atoms with Crippen LogP contribution in [0.25, 0.3) is 6.08 Å². The molecule has 1 aliphatic rings. The van der Waals surface area contributed by atoms with Crippen LogP contribution < -0.4 is 0 Å². The molecule has 0 saturated carbocycles.